The third-order valence-corrected chi connectivity index (χ3v) is 5.92. The largest absolute Gasteiger partial charge is 0.391 e. The zero-order valence-corrected chi connectivity index (χ0v) is 16.4. The fraction of sp³-hybridized carbons (Fsp3) is 0.571. The third-order valence-electron chi connectivity index (χ3n) is 5.92. The smallest absolute Gasteiger partial charge is 0.240 e. The molecule has 2 fully saturated rings. The number of nitrogens with zero attached hydrogens (tertiary/aromatic N) is 3. The molecule has 1 aliphatic carbocycles. The van der Waals surface area contributed by atoms with Gasteiger partial charge in [0.2, 0.25) is 5.91 Å². The summed E-state index contributed by atoms with van der Waals surface area (Å²) in [5.74, 6) is 2.22. The van der Waals surface area contributed by atoms with Crippen molar-refractivity contribution in [2.45, 2.75) is 63.1 Å². The molecule has 1 aromatic heterocycles. The first kappa shape index (κ1) is 19.1. The third kappa shape index (κ3) is 4.10. The molecule has 150 valence electrons. The van der Waals surface area contributed by atoms with Crippen molar-refractivity contribution in [2.24, 2.45) is 7.05 Å². The predicted molar refractivity (Wildman–Crippen MR) is 107 cm³/mol. The SMILES string of the molecule is Cn1nc(-c2ccc(CNC(=O)[C@H]3NCC[C@@H]3O)cc2)nc1C1CCCCC1. The summed E-state index contributed by atoms with van der Waals surface area (Å²) in [6.07, 6.45) is 6.31. The van der Waals surface area contributed by atoms with Crippen LogP contribution < -0.4 is 10.6 Å². The number of amides is 1. The number of hydrogen-bond donors (Lipinski definition) is 3. The zero-order valence-electron chi connectivity index (χ0n) is 16.4. The zero-order chi connectivity index (χ0) is 19.5. The summed E-state index contributed by atoms with van der Waals surface area (Å²) in [6, 6.07) is 7.49. The van der Waals surface area contributed by atoms with Gasteiger partial charge in [0.15, 0.2) is 5.82 Å². The van der Waals surface area contributed by atoms with Crippen LogP contribution in [-0.4, -0.2) is 44.5 Å². The van der Waals surface area contributed by atoms with Gasteiger partial charge in [0.05, 0.1) is 6.10 Å². The Bertz CT molecular complexity index is 811. The van der Waals surface area contributed by atoms with Crippen LogP contribution >= 0.6 is 0 Å². The fourth-order valence-electron chi connectivity index (χ4n) is 4.26. The van der Waals surface area contributed by atoms with Crippen LogP contribution in [0.5, 0.6) is 0 Å². The average molecular weight is 383 g/mol. The average Bonchev–Trinajstić information content (AvgIpc) is 3.33. The number of hydrogen-bond acceptors (Lipinski definition) is 5. The van der Waals surface area contributed by atoms with Gasteiger partial charge in [0.1, 0.15) is 11.9 Å². The second-order valence-electron chi connectivity index (χ2n) is 7.95. The van der Waals surface area contributed by atoms with Crippen LogP contribution in [0.2, 0.25) is 0 Å². The predicted octanol–water partition coefficient (Wildman–Crippen LogP) is 1.87. The molecule has 1 amide bonds. The van der Waals surface area contributed by atoms with E-state index in [0.29, 0.717) is 25.4 Å². The first-order chi connectivity index (χ1) is 13.6. The monoisotopic (exact) mass is 383 g/mol. The molecule has 0 spiro atoms. The quantitative estimate of drug-likeness (QED) is 0.733. The van der Waals surface area contributed by atoms with Crippen LogP contribution in [0.4, 0.5) is 0 Å². The van der Waals surface area contributed by atoms with E-state index in [4.69, 9.17) is 4.98 Å². The van der Waals surface area contributed by atoms with Crippen molar-refractivity contribution in [1.82, 2.24) is 25.4 Å². The number of aliphatic hydroxyl groups excluding tert-OH is 1. The Balaban J connectivity index is 1.38. The summed E-state index contributed by atoms with van der Waals surface area (Å²) in [7, 11) is 1.98. The lowest BCUT2D eigenvalue weighted by molar-refractivity contribution is -0.124. The number of carbonyl (C=O) groups is 1. The highest BCUT2D eigenvalue weighted by Crippen LogP contribution is 2.32. The Morgan fingerprint density at radius 1 is 1.21 bits per heavy atom. The van der Waals surface area contributed by atoms with Crippen LogP contribution in [0.25, 0.3) is 11.4 Å². The molecule has 4 rings (SSSR count). The van der Waals surface area contributed by atoms with Crippen LogP contribution in [0.15, 0.2) is 24.3 Å². The van der Waals surface area contributed by atoms with E-state index in [1.54, 1.807) is 0 Å². The van der Waals surface area contributed by atoms with Crippen molar-refractivity contribution < 1.29 is 9.90 Å². The Morgan fingerprint density at radius 3 is 2.64 bits per heavy atom. The van der Waals surface area contributed by atoms with Gasteiger partial charge in [-0.25, -0.2) is 4.98 Å². The summed E-state index contributed by atoms with van der Waals surface area (Å²) < 4.78 is 1.93. The summed E-state index contributed by atoms with van der Waals surface area (Å²) in [4.78, 5) is 17.0. The number of benzene rings is 1. The van der Waals surface area contributed by atoms with Crippen molar-refractivity contribution in [1.29, 1.82) is 0 Å². The fourth-order valence-corrected chi connectivity index (χ4v) is 4.26. The van der Waals surface area contributed by atoms with Crippen molar-refractivity contribution in [3.63, 3.8) is 0 Å². The van der Waals surface area contributed by atoms with E-state index in [9.17, 15) is 9.90 Å². The molecular formula is C21H29N5O2. The Kier molecular flexibility index (Phi) is 5.73. The highest BCUT2D eigenvalue weighted by atomic mass is 16.3. The molecule has 2 aliphatic rings. The van der Waals surface area contributed by atoms with E-state index >= 15 is 0 Å². The van der Waals surface area contributed by atoms with Gasteiger partial charge in [-0.1, -0.05) is 43.5 Å². The molecule has 1 saturated carbocycles. The molecule has 1 aromatic carbocycles. The maximum absolute atomic E-state index is 12.2. The normalized spacial score (nSPS) is 23.1. The molecular weight excluding hydrogens is 354 g/mol. The molecule has 0 radical (unpaired) electrons. The highest BCUT2D eigenvalue weighted by Gasteiger charge is 2.30. The van der Waals surface area contributed by atoms with E-state index in [1.165, 1.54) is 32.1 Å². The van der Waals surface area contributed by atoms with Gasteiger partial charge < -0.3 is 15.7 Å². The van der Waals surface area contributed by atoms with Gasteiger partial charge in [-0.2, -0.15) is 5.10 Å². The molecule has 0 bridgehead atoms. The van der Waals surface area contributed by atoms with Crippen molar-refractivity contribution in [3.8, 4) is 11.4 Å². The molecule has 2 aromatic rings. The second-order valence-corrected chi connectivity index (χ2v) is 7.95. The second kappa shape index (κ2) is 8.41. The lowest BCUT2D eigenvalue weighted by Crippen LogP contribution is -2.45. The number of rotatable bonds is 5. The minimum absolute atomic E-state index is 0.155. The summed E-state index contributed by atoms with van der Waals surface area (Å²) in [5.41, 5.74) is 1.99. The molecule has 2 atom stereocenters. The maximum Gasteiger partial charge on any atom is 0.240 e. The summed E-state index contributed by atoms with van der Waals surface area (Å²) in [5, 5.41) is 20.3. The van der Waals surface area contributed by atoms with Gasteiger partial charge >= 0.3 is 0 Å². The first-order valence-corrected chi connectivity index (χ1v) is 10.3. The van der Waals surface area contributed by atoms with Gasteiger partial charge in [-0.05, 0) is 31.4 Å². The van der Waals surface area contributed by atoms with Crippen LogP contribution in [0.1, 0.15) is 55.8 Å². The van der Waals surface area contributed by atoms with Crippen LogP contribution in [0, 0.1) is 0 Å². The number of aryl methyl sites for hydroxylation is 1. The van der Waals surface area contributed by atoms with Crippen LogP contribution in [-0.2, 0) is 18.4 Å². The molecule has 3 N–H and O–H groups in total. The molecule has 0 unspecified atom stereocenters. The number of carbonyl (C=O) groups excluding carboxylic acids is 1. The lowest BCUT2D eigenvalue weighted by atomic mass is 9.89. The van der Waals surface area contributed by atoms with E-state index < -0.39 is 12.1 Å². The van der Waals surface area contributed by atoms with Gasteiger partial charge in [-0.15, -0.1) is 0 Å². The van der Waals surface area contributed by atoms with Crippen molar-refractivity contribution in [3.05, 3.63) is 35.7 Å². The topological polar surface area (TPSA) is 92.1 Å². The highest BCUT2D eigenvalue weighted by molar-refractivity contribution is 5.82. The summed E-state index contributed by atoms with van der Waals surface area (Å²) in [6.45, 7) is 1.11. The molecule has 2 heterocycles. The molecule has 7 heteroatoms. The Labute approximate surface area is 165 Å². The number of aromatic nitrogens is 3. The summed E-state index contributed by atoms with van der Waals surface area (Å²) >= 11 is 0. The minimum atomic E-state index is -0.601. The van der Waals surface area contributed by atoms with Gasteiger partial charge in [-0.3, -0.25) is 9.48 Å². The van der Waals surface area contributed by atoms with Gasteiger partial charge in [0, 0.05) is 25.1 Å². The first-order valence-electron chi connectivity index (χ1n) is 10.3. The van der Waals surface area contributed by atoms with Crippen LogP contribution in [0.3, 0.4) is 0 Å². The number of nitrogens with one attached hydrogen (secondary N) is 2. The van der Waals surface area contributed by atoms with E-state index in [2.05, 4.69) is 15.7 Å². The van der Waals surface area contributed by atoms with Crippen molar-refractivity contribution in [2.75, 3.05) is 6.54 Å². The molecule has 7 nitrogen and oxygen atoms in total. The van der Waals surface area contributed by atoms with Crippen molar-refractivity contribution >= 4 is 5.91 Å². The molecule has 1 aliphatic heterocycles. The van der Waals surface area contributed by atoms with Gasteiger partial charge in [0.25, 0.3) is 0 Å². The molecule has 1 saturated heterocycles. The Hall–Kier alpha value is -2.25. The van der Waals surface area contributed by atoms with E-state index in [1.807, 2.05) is 36.0 Å². The standard InChI is InChI=1S/C21H29N5O2/c1-26-20(16-5-3-2-4-6-16)24-19(25-26)15-9-7-14(8-10-15)13-23-21(28)18-17(27)11-12-22-18/h7-10,16-18,22,27H,2-6,11-13H2,1H3,(H,23,28)/t17-,18-/m0/s1. The lowest BCUT2D eigenvalue weighted by Gasteiger charge is -2.20. The molecule has 28 heavy (non-hydrogen) atoms. The Morgan fingerprint density at radius 2 is 1.96 bits per heavy atom. The van der Waals surface area contributed by atoms with E-state index in [-0.39, 0.29) is 5.91 Å². The van der Waals surface area contributed by atoms with E-state index in [0.717, 1.165) is 22.8 Å². The maximum atomic E-state index is 12.2. The number of aliphatic hydroxyl groups is 1. The minimum Gasteiger partial charge on any atom is -0.391 e.